The Kier molecular flexibility index (Phi) is 6.63. The van der Waals surface area contributed by atoms with E-state index in [9.17, 15) is 18.8 Å². The van der Waals surface area contributed by atoms with Gasteiger partial charge in [0.05, 0.1) is 12.7 Å². The molecule has 7 heteroatoms. The molecule has 0 saturated carbocycles. The highest BCUT2D eigenvalue weighted by atomic mass is 19.1. The van der Waals surface area contributed by atoms with Crippen molar-refractivity contribution in [3.63, 3.8) is 0 Å². The normalized spacial score (nSPS) is 22.1. The fraction of sp³-hybridized carbons (Fsp3) is 0.296. The predicted molar refractivity (Wildman–Crippen MR) is 123 cm³/mol. The largest absolute Gasteiger partial charge is 0.468 e. The minimum absolute atomic E-state index is 0.0496. The van der Waals surface area contributed by atoms with Crippen LogP contribution in [0.25, 0.3) is 0 Å². The lowest BCUT2D eigenvalue weighted by atomic mass is 9.69. The summed E-state index contributed by atoms with van der Waals surface area (Å²) in [7, 11) is 1.24. The molecule has 1 N–H and O–H groups in total. The fourth-order valence-electron chi connectivity index (χ4n) is 4.77. The number of carbonyl (C=O) groups is 3. The molecule has 34 heavy (non-hydrogen) atoms. The van der Waals surface area contributed by atoms with E-state index >= 15 is 0 Å². The number of esters is 2. The lowest BCUT2D eigenvalue weighted by Crippen LogP contribution is -2.43. The first-order valence-corrected chi connectivity index (χ1v) is 11.1. The third-order valence-corrected chi connectivity index (χ3v) is 6.36. The van der Waals surface area contributed by atoms with Gasteiger partial charge in [-0.25, -0.2) is 9.18 Å². The minimum atomic E-state index is -0.999. The number of ketones is 1. The number of Topliss-reactive ketones (excluding diaryl/α,β-unsaturated/α-hetero) is 1. The second-order valence-corrected chi connectivity index (χ2v) is 8.65. The number of nitrogens with one attached hydrogen (secondary N) is 1. The average Bonchev–Trinajstić information content (AvgIpc) is 2.82. The summed E-state index contributed by atoms with van der Waals surface area (Å²) in [6, 6.07) is 15.0. The van der Waals surface area contributed by atoms with E-state index in [4.69, 9.17) is 9.47 Å². The number of allylic oxidation sites excluding steroid dienone is 3. The number of ether oxygens (including phenoxy) is 2. The summed E-state index contributed by atoms with van der Waals surface area (Å²) in [6.45, 7) is 3.59. The van der Waals surface area contributed by atoms with E-state index in [0.29, 0.717) is 23.4 Å². The second-order valence-electron chi connectivity index (χ2n) is 8.65. The molecule has 2 aromatic carbocycles. The Morgan fingerprint density at radius 1 is 1.12 bits per heavy atom. The van der Waals surface area contributed by atoms with E-state index < -0.39 is 35.4 Å². The van der Waals surface area contributed by atoms with Crippen molar-refractivity contribution in [2.45, 2.75) is 32.8 Å². The molecule has 0 bridgehead atoms. The molecule has 0 saturated heterocycles. The van der Waals surface area contributed by atoms with Crippen LogP contribution in [0.5, 0.6) is 0 Å². The smallest absolute Gasteiger partial charge is 0.337 e. The standard InChI is InChI=1S/C27H26FNO5/c1-15-12-20-24(25(30)21(15)26(31)33-3)23(18-10-7-11-19(28)13-18)22(16(2)29-20)27(32)34-14-17-8-5-4-6-9-17/h4-11,13,15,21,23,29H,12,14H2,1-3H3/t15-,21-,23+/m1/s1. The molecule has 6 nitrogen and oxygen atoms in total. The Bertz CT molecular complexity index is 1200. The van der Waals surface area contributed by atoms with Crippen LogP contribution in [0.4, 0.5) is 4.39 Å². The van der Waals surface area contributed by atoms with Crippen molar-refractivity contribution >= 4 is 17.7 Å². The third-order valence-electron chi connectivity index (χ3n) is 6.36. The van der Waals surface area contributed by atoms with Gasteiger partial charge < -0.3 is 14.8 Å². The number of dihydropyridines is 1. The van der Waals surface area contributed by atoms with E-state index in [0.717, 1.165) is 5.56 Å². The molecule has 1 aliphatic carbocycles. The zero-order valence-corrected chi connectivity index (χ0v) is 19.3. The van der Waals surface area contributed by atoms with Crippen molar-refractivity contribution in [2.75, 3.05) is 7.11 Å². The van der Waals surface area contributed by atoms with Gasteiger partial charge in [0.25, 0.3) is 0 Å². The number of halogens is 1. The fourth-order valence-corrected chi connectivity index (χ4v) is 4.77. The summed E-state index contributed by atoms with van der Waals surface area (Å²) < 4.78 is 24.7. The molecule has 0 amide bonds. The van der Waals surface area contributed by atoms with Gasteiger partial charge in [-0.15, -0.1) is 0 Å². The monoisotopic (exact) mass is 463 g/mol. The van der Waals surface area contributed by atoms with Crippen molar-refractivity contribution in [3.8, 4) is 0 Å². The summed E-state index contributed by atoms with van der Waals surface area (Å²) in [5, 5.41) is 3.19. The Labute approximate surface area is 197 Å². The zero-order valence-electron chi connectivity index (χ0n) is 19.3. The number of carbonyl (C=O) groups excluding carboxylic acids is 3. The van der Waals surface area contributed by atoms with E-state index in [-0.39, 0.29) is 23.7 Å². The zero-order chi connectivity index (χ0) is 24.4. The van der Waals surface area contributed by atoms with Gasteiger partial charge in [0.15, 0.2) is 5.78 Å². The molecule has 1 aliphatic heterocycles. The maximum Gasteiger partial charge on any atom is 0.337 e. The van der Waals surface area contributed by atoms with Gasteiger partial charge in [0, 0.05) is 22.9 Å². The number of hydrogen-bond acceptors (Lipinski definition) is 6. The van der Waals surface area contributed by atoms with Crippen LogP contribution in [0.3, 0.4) is 0 Å². The Morgan fingerprint density at radius 2 is 1.85 bits per heavy atom. The molecule has 0 aromatic heterocycles. The minimum Gasteiger partial charge on any atom is -0.468 e. The Hall–Kier alpha value is -3.74. The summed E-state index contributed by atoms with van der Waals surface area (Å²) in [5.74, 6) is -4.32. The number of hydrogen-bond donors (Lipinski definition) is 1. The average molecular weight is 464 g/mol. The molecule has 0 fully saturated rings. The highest BCUT2D eigenvalue weighted by Gasteiger charge is 2.47. The van der Waals surface area contributed by atoms with Gasteiger partial charge in [-0.2, -0.15) is 0 Å². The van der Waals surface area contributed by atoms with Gasteiger partial charge in [0.1, 0.15) is 18.3 Å². The van der Waals surface area contributed by atoms with Crippen LogP contribution in [0.1, 0.15) is 37.3 Å². The van der Waals surface area contributed by atoms with Gasteiger partial charge in [-0.3, -0.25) is 9.59 Å². The van der Waals surface area contributed by atoms with Crippen molar-refractivity contribution < 1.29 is 28.2 Å². The van der Waals surface area contributed by atoms with E-state index in [2.05, 4.69) is 5.32 Å². The van der Waals surface area contributed by atoms with Gasteiger partial charge in [0.2, 0.25) is 0 Å². The molecular weight excluding hydrogens is 437 g/mol. The van der Waals surface area contributed by atoms with Crippen LogP contribution in [0.2, 0.25) is 0 Å². The van der Waals surface area contributed by atoms with Crippen molar-refractivity contribution in [1.82, 2.24) is 5.32 Å². The molecule has 0 spiro atoms. The highest BCUT2D eigenvalue weighted by Crippen LogP contribution is 2.45. The van der Waals surface area contributed by atoms with Crippen molar-refractivity contribution in [2.24, 2.45) is 11.8 Å². The SMILES string of the molecule is COC(=O)[C@H]1C(=O)C2=C(C[C@H]1C)NC(C)=C(C(=O)OCc1ccccc1)[C@@H]2c1cccc(F)c1. The van der Waals surface area contributed by atoms with Gasteiger partial charge in [-0.1, -0.05) is 49.4 Å². The molecule has 2 aliphatic rings. The summed E-state index contributed by atoms with van der Waals surface area (Å²) in [5.41, 5.74) is 2.90. The number of methoxy groups -OCH3 is 1. The van der Waals surface area contributed by atoms with Gasteiger partial charge in [-0.05, 0) is 42.5 Å². The number of benzene rings is 2. The van der Waals surface area contributed by atoms with Crippen LogP contribution in [-0.4, -0.2) is 24.8 Å². The third kappa shape index (κ3) is 4.38. The lowest BCUT2D eigenvalue weighted by molar-refractivity contribution is -0.151. The van der Waals surface area contributed by atoms with E-state index in [1.54, 1.807) is 13.0 Å². The lowest BCUT2D eigenvalue weighted by Gasteiger charge is -2.38. The summed E-state index contributed by atoms with van der Waals surface area (Å²) in [4.78, 5) is 39.4. The first-order valence-electron chi connectivity index (χ1n) is 11.1. The molecule has 176 valence electrons. The van der Waals surface area contributed by atoms with Crippen LogP contribution in [-0.2, 0) is 30.5 Å². The van der Waals surface area contributed by atoms with Crippen LogP contribution < -0.4 is 5.32 Å². The second kappa shape index (κ2) is 9.63. The summed E-state index contributed by atoms with van der Waals surface area (Å²) >= 11 is 0. The molecular formula is C27H26FNO5. The van der Waals surface area contributed by atoms with Crippen molar-refractivity contribution in [1.29, 1.82) is 0 Å². The maximum absolute atomic E-state index is 14.2. The maximum atomic E-state index is 14.2. The molecule has 2 aromatic rings. The van der Waals surface area contributed by atoms with E-state index in [1.165, 1.54) is 25.3 Å². The van der Waals surface area contributed by atoms with Gasteiger partial charge >= 0.3 is 11.9 Å². The Balaban J connectivity index is 1.77. The molecule has 0 unspecified atom stereocenters. The first kappa shape index (κ1) is 23.4. The predicted octanol–water partition coefficient (Wildman–Crippen LogP) is 4.18. The topological polar surface area (TPSA) is 81.7 Å². The Morgan fingerprint density at radius 3 is 2.53 bits per heavy atom. The first-order chi connectivity index (χ1) is 16.3. The molecule has 0 radical (unpaired) electrons. The van der Waals surface area contributed by atoms with E-state index in [1.807, 2.05) is 37.3 Å². The van der Waals surface area contributed by atoms with Crippen molar-refractivity contribution in [3.05, 3.63) is 94.1 Å². The van der Waals surface area contributed by atoms with Crippen LogP contribution in [0, 0.1) is 17.7 Å². The number of rotatable bonds is 5. The quantitative estimate of drug-likeness (QED) is 0.529. The summed E-state index contributed by atoms with van der Waals surface area (Å²) in [6.07, 6.45) is 0.413. The molecule has 1 heterocycles. The molecule has 3 atom stereocenters. The highest BCUT2D eigenvalue weighted by molar-refractivity contribution is 6.12. The van der Waals surface area contributed by atoms with Crippen LogP contribution >= 0.6 is 0 Å². The van der Waals surface area contributed by atoms with Crippen LogP contribution in [0.15, 0.2) is 77.1 Å². The molecule has 4 rings (SSSR count).